The van der Waals surface area contributed by atoms with E-state index in [1.54, 1.807) is 4.68 Å². The molecule has 0 saturated carbocycles. The standard InChI is InChI=1S/C19H21BrN4O/c1-13(16-6-8-17(9-7-16)23-10-4-5-11-23)21-18(25)12-24-15(3)19(20)14(2)22-24/h4-11,13H,12H2,1-3H3,(H,21,25). The number of amides is 1. The summed E-state index contributed by atoms with van der Waals surface area (Å²) in [5.41, 5.74) is 4.01. The zero-order valence-electron chi connectivity index (χ0n) is 14.5. The van der Waals surface area contributed by atoms with Gasteiger partial charge in [-0.2, -0.15) is 5.10 Å². The van der Waals surface area contributed by atoms with Crippen molar-refractivity contribution in [1.82, 2.24) is 19.7 Å². The number of benzene rings is 1. The van der Waals surface area contributed by atoms with Crippen molar-refractivity contribution in [3.8, 4) is 5.69 Å². The van der Waals surface area contributed by atoms with Gasteiger partial charge in [-0.25, -0.2) is 0 Å². The van der Waals surface area contributed by atoms with Crippen molar-refractivity contribution < 1.29 is 4.79 Å². The second-order valence-electron chi connectivity index (χ2n) is 6.11. The third-order valence-electron chi connectivity index (χ3n) is 4.26. The topological polar surface area (TPSA) is 51.9 Å². The van der Waals surface area contributed by atoms with Crippen LogP contribution >= 0.6 is 15.9 Å². The normalized spacial score (nSPS) is 12.2. The molecule has 0 radical (unpaired) electrons. The van der Waals surface area contributed by atoms with Gasteiger partial charge in [0.1, 0.15) is 6.54 Å². The Bertz CT molecular complexity index is 866. The fraction of sp³-hybridized carbons (Fsp3) is 0.263. The van der Waals surface area contributed by atoms with E-state index in [2.05, 4.69) is 38.5 Å². The molecule has 0 spiro atoms. The summed E-state index contributed by atoms with van der Waals surface area (Å²) in [4.78, 5) is 12.3. The Morgan fingerprint density at radius 3 is 2.40 bits per heavy atom. The molecule has 1 atom stereocenters. The number of aryl methyl sites for hydroxylation is 1. The quantitative estimate of drug-likeness (QED) is 0.705. The van der Waals surface area contributed by atoms with Gasteiger partial charge in [-0.3, -0.25) is 9.48 Å². The molecule has 6 heteroatoms. The molecule has 0 bridgehead atoms. The van der Waals surface area contributed by atoms with Crippen LogP contribution < -0.4 is 5.32 Å². The number of nitrogens with one attached hydrogen (secondary N) is 1. The van der Waals surface area contributed by atoms with Gasteiger partial charge in [-0.05, 0) is 66.5 Å². The van der Waals surface area contributed by atoms with Crippen molar-refractivity contribution in [1.29, 1.82) is 0 Å². The number of hydrogen-bond donors (Lipinski definition) is 1. The summed E-state index contributed by atoms with van der Waals surface area (Å²) in [5.74, 6) is -0.0555. The van der Waals surface area contributed by atoms with Crippen molar-refractivity contribution in [3.63, 3.8) is 0 Å². The molecule has 3 aromatic rings. The lowest BCUT2D eigenvalue weighted by atomic mass is 10.1. The third-order valence-corrected chi connectivity index (χ3v) is 5.41. The molecule has 1 N–H and O–H groups in total. The Morgan fingerprint density at radius 1 is 1.20 bits per heavy atom. The molecule has 0 saturated heterocycles. The average molecular weight is 401 g/mol. The van der Waals surface area contributed by atoms with Gasteiger partial charge in [0.05, 0.1) is 21.9 Å². The molecular weight excluding hydrogens is 380 g/mol. The first-order valence-corrected chi connectivity index (χ1v) is 8.97. The molecular formula is C19H21BrN4O. The maximum Gasteiger partial charge on any atom is 0.242 e. The van der Waals surface area contributed by atoms with E-state index in [1.165, 1.54) is 0 Å². The fourth-order valence-electron chi connectivity index (χ4n) is 2.78. The van der Waals surface area contributed by atoms with Gasteiger partial charge in [0, 0.05) is 18.1 Å². The Kier molecular flexibility index (Phi) is 5.08. The van der Waals surface area contributed by atoms with Crippen LogP contribution in [0, 0.1) is 13.8 Å². The summed E-state index contributed by atoms with van der Waals surface area (Å²) >= 11 is 3.48. The highest BCUT2D eigenvalue weighted by molar-refractivity contribution is 9.10. The average Bonchev–Trinajstić information content (AvgIpc) is 3.21. The number of hydrogen-bond acceptors (Lipinski definition) is 2. The first kappa shape index (κ1) is 17.5. The molecule has 2 heterocycles. The highest BCUT2D eigenvalue weighted by Crippen LogP contribution is 2.20. The second kappa shape index (κ2) is 7.27. The SMILES string of the molecule is Cc1nn(CC(=O)NC(C)c2ccc(-n3cccc3)cc2)c(C)c1Br. The number of carbonyl (C=O) groups excluding carboxylic acids is 1. The molecule has 0 aliphatic heterocycles. The van der Waals surface area contributed by atoms with Crippen LogP contribution in [0.2, 0.25) is 0 Å². The van der Waals surface area contributed by atoms with Gasteiger partial charge in [-0.15, -0.1) is 0 Å². The number of nitrogens with zero attached hydrogens (tertiary/aromatic N) is 3. The minimum atomic E-state index is -0.0633. The fourth-order valence-corrected chi connectivity index (χ4v) is 3.06. The van der Waals surface area contributed by atoms with Gasteiger partial charge < -0.3 is 9.88 Å². The number of aromatic nitrogens is 3. The lowest BCUT2D eigenvalue weighted by Crippen LogP contribution is -2.30. The van der Waals surface area contributed by atoms with Crippen LogP contribution in [0.1, 0.15) is 29.9 Å². The van der Waals surface area contributed by atoms with Gasteiger partial charge in [0.15, 0.2) is 0 Å². The lowest BCUT2D eigenvalue weighted by Gasteiger charge is -2.15. The van der Waals surface area contributed by atoms with E-state index >= 15 is 0 Å². The molecule has 1 amide bonds. The van der Waals surface area contributed by atoms with Crippen molar-refractivity contribution in [3.05, 3.63) is 70.2 Å². The molecule has 2 aromatic heterocycles. The highest BCUT2D eigenvalue weighted by atomic mass is 79.9. The first-order valence-electron chi connectivity index (χ1n) is 8.18. The zero-order valence-corrected chi connectivity index (χ0v) is 16.1. The predicted molar refractivity (Wildman–Crippen MR) is 102 cm³/mol. The summed E-state index contributed by atoms with van der Waals surface area (Å²) in [6, 6.07) is 12.1. The molecule has 130 valence electrons. The predicted octanol–water partition coefficient (Wildman–Crippen LogP) is 3.93. The van der Waals surface area contributed by atoms with E-state index in [-0.39, 0.29) is 18.5 Å². The molecule has 0 fully saturated rings. The van der Waals surface area contributed by atoms with Crippen LogP contribution in [0.3, 0.4) is 0 Å². The van der Waals surface area contributed by atoms with Crippen LogP contribution in [0.25, 0.3) is 5.69 Å². The summed E-state index contributed by atoms with van der Waals surface area (Å²) in [6.45, 7) is 6.06. The monoisotopic (exact) mass is 400 g/mol. The van der Waals surface area contributed by atoms with Crippen molar-refractivity contribution in [2.45, 2.75) is 33.4 Å². The van der Waals surface area contributed by atoms with Crippen LogP contribution in [0.15, 0.2) is 53.3 Å². The van der Waals surface area contributed by atoms with Crippen LogP contribution in [0.4, 0.5) is 0 Å². The number of carbonyl (C=O) groups is 1. The van der Waals surface area contributed by atoms with Crippen LogP contribution in [0.5, 0.6) is 0 Å². The molecule has 1 aromatic carbocycles. The van der Waals surface area contributed by atoms with Gasteiger partial charge in [-0.1, -0.05) is 12.1 Å². The smallest absolute Gasteiger partial charge is 0.242 e. The van der Waals surface area contributed by atoms with E-state index in [9.17, 15) is 4.79 Å². The first-order chi connectivity index (χ1) is 12.0. The maximum absolute atomic E-state index is 12.3. The summed E-state index contributed by atoms with van der Waals surface area (Å²) in [6.07, 6.45) is 4.01. The molecule has 0 aliphatic carbocycles. The summed E-state index contributed by atoms with van der Waals surface area (Å²) in [5, 5.41) is 7.41. The molecule has 1 unspecified atom stereocenters. The Morgan fingerprint density at radius 2 is 1.84 bits per heavy atom. The zero-order chi connectivity index (χ0) is 18.0. The van der Waals surface area contributed by atoms with E-state index < -0.39 is 0 Å². The molecule has 0 aliphatic rings. The minimum Gasteiger partial charge on any atom is -0.348 e. The third kappa shape index (κ3) is 3.85. The largest absolute Gasteiger partial charge is 0.348 e. The maximum atomic E-state index is 12.3. The Labute approximate surface area is 155 Å². The van der Waals surface area contributed by atoms with E-state index in [0.29, 0.717) is 0 Å². The summed E-state index contributed by atoms with van der Waals surface area (Å²) in [7, 11) is 0. The van der Waals surface area contributed by atoms with Gasteiger partial charge in [0.25, 0.3) is 0 Å². The highest BCUT2D eigenvalue weighted by Gasteiger charge is 2.14. The Hall–Kier alpha value is -2.34. The van der Waals surface area contributed by atoms with Gasteiger partial charge >= 0.3 is 0 Å². The van der Waals surface area contributed by atoms with Crippen LogP contribution in [-0.4, -0.2) is 20.3 Å². The minimum absolute atomic E-state index is 0.0555. The van der Waals surface area contributed by atoms with Crippen molar-refractivity contribution >= 4 is 21.8 Å². The van der Waals surface area contributed by atoms with Crippen molar-refractivity contribution in [2.75, 3.05) is 0 Å². The Balaban J connectivity index is 1.64. The van der Waals surface area contributed by atoms with Crippen molar-refractivity contribution in [2.24, 2.45) is 0 Å². The summed E-state index contributed by atoms with van der Waals surface area (Å²) < 4.78 is 4.72. The van der Waals surface area contributed by atoms with E-state index in [0.717, 1.165) is 27.1 Å². The number of halogens is 1. The van der Waals surface area contributed by atoms with E-state index in [1.807, 2.05) is 62.0 Å². The second-order valence-corrected chi connectivity index (χ2v) is 6.91. The van der Waals surface area contributed by atoms with Crippen LogP contribution in [-0.2, 0) is 11.3 Å². The van der Waals surface area contributed by atoms with Gasteiger partial charge in [0.2, 0.25) is 5.91 Å². The lowest BCUT2D eigenvalue weighted by molar-refractivity contribution is -0.122. The number of rotatable bonds is 5. The van der Waals surface area contributed by atoms with E-state index in [4.69, 9.17) is 0 Å². The molecule has 3 rings (SSSR count). The molecule has 5 nitrogen and oxygen atoms in total. The molecule has 25 heavy (non-hydrogen) atoms.